The first-order chi connectivity index (χ1) is 13.6. The lowest BCUT2D eigenvalue weighted by atomic mass is 10.0. The average molecular weight is 432 g/mol. The molecule has 0 heterocycles. The first-order valence-corrected chi connectivity index (χ1v) is 10.8. The van der Waals surface area contributed by atoms with Crippen molar-refractivity contribution < 1.29 is 23.8 Å². The lowest BCUT2D eigenvalue weighted by molar-refractivity contribution is -0.132. The Morgan fingerprint density at radius 1 is 0.867 bits per heavy atom. The van der Waals surface area contributed by atoms with E-state index in [0.29, 0.717) is 25.8 Å². The highest BCUT2D eigenvalue weighted by atomic mass is 16.5. The quantitative estimate of drug-likeness (QED) is 0.301. The van der Waals surface area contributed by atoms with Crippen LogP contribution in [0.15, 0.2) is 0 Å². The maximum absolute atomic E-state index is 11.8. The van der Waals surface area contributed by atoms with E-state index in [9.17, 15) is 9.59 Å². The fraction of sp³-hybridized carbons (Fsp3) is 0.909. The molecule has 1 amide bonds. The predicted octanol–water partition coefficient (Wildman–Crippen LogP) is 1.79. The number of hydrogen-bond acceptors (Lipinski definition) is 7. The van der Waals surface area contributed by atoms with Gasteiger partial charge in [-0.3, -0.25) is 9.59 Å². The van der Waals surface area contributed by atoms with Crippen molar-refractivity contribution in [2.24, 2.45) is 5.73 Å². The monoisotopic (exact) mass is 431 g/mol. The van der Waals surface area contributed by atoms with Crippen molar-refractivity contribution in [2.45, 2.75) is 91.0 Å². The summed E-state index contributed by atoms with van der Waals surface area (Å²) in [6, 6.07) is 0.473. The molecule has 8 heteroatoms. The molecule has 178 valence electrons. The van der Waals surface area contributed by atoms with Crippen LogP contribution in [0.3, 0.4) is 0 Å². The third-order valence-corrected chi connectivity index (χ3v) is 4.58. The van der Waals surface area contributed by atoms with Gasteiger partial charge in [-0.15, -0.1) is 0 Å². The Kier molecular flexibility index (Phi) is 12.9. The summed E-state index contributed by atoms with van der Waals surface area (Å²) < 4.78 is 17.0. The molecule has 0 bridgehead atoms. The topological polar surface area (TPSA) is 112 Å². The second-order valence-electron chi connectivity index (χ2n) is 9.81. The molecule has 0 aromatic rings. The Hall–Kier alpha value is -1.06. The molecule has 0 atom stereocenters. The summed E-state index contributed by atoms with van der Waals surface area (Å²) in [5.74, 6) is -0.541. The van der Waals surface area contributed by atoms with E-state index >= 15 is 0 Å². The summed E-state index contributed by atoms with van der Waals surface area (Å²) in [6.45, 7) is 17.6. The van der Waals surface area contributed by atoms with Gasteiger partial charge < -0.3 is 30.6 Å². The van der Waals surface area contributed by atoms with Crippen LogP contribution in [0.25, 0.3) is 0 Å². The summed E-state index contributed by atoms with van der Waals surface area (Å²) in [4.78, 5) is 23.4. The van der Waals surface area contributed by atoms with Gasteiger partial charge in [-0.1, -0.05) is 13.8 Å². The first kappa shape index (κ1) is 28.9. The fourth-order valence-corrected chi connectivity index (χ4v) is 2.37. The van der Waals surface area contributed by atoms with E-state index in [1.165, 1.54) is 0 Å². The highest BCUT2D eigenvalue weighted by Gasteiger charge is 2.23. The van der Waals surface area contributed by atoms with E-state index in [-0.39, 0.29) is 36.1 Å². The van der Waals surface area contributed by atoms with Crippen molar-refractivity contribution in [3.05, 3.63) is 0 Å². The standard InChI is InChI=1S/C22H45N3O5/c1-17(2)24-11-9-20(3,4)29-13-10-21(5,6)30-14-12-25-19(27)16-28-15-18(26)22(7,8)23/h17,24H,9-16,23H2,1-8H3,(H,25,27). The van der Waals surface area contributed by atoms with E-state index in [4.69, 9.17) is 19.9 Å². The number of carbonyl (C=O) groups excluding carboxylic acids is 2. The maximum atomic E-state index is 11.8. The molecule has 0 aliphatic carbocycles. The molecular formula is C22H45N3O5. The Morgan fingerprint density at radius 2 is 1.43 bits per heavy atom. The van der Waals surface area contributed by atoms with E-state index in [2.05, 4.69) is 38.3 Å². The number of hydrogen-bond donors (Lipinski definition) is 3. The first-order valence-electron chi connectivity index (χ1n) is 10.8. The molecular weight excluding hydrogens is 386 g/mol. The predicted molar refractivity (Wildman–Crippen MR) is 120 cm³/mol. The van der Waals surface area contributed by atoms with Gasteiger partial charge in [-0.25, -0.2) is 0 Å². The Balaban J connectivity index is 3.93. The fourth-order valence-electron chi connectivity index (χ4n) is 2.37. The highest BCUT2D eigenvalue weighted by Crippen LogP contribution is 2.19. The Morgan fingerprint density at radius 3 is 2.00 bits per heavy atom. The smallest absolute Gasteiger partial charge is 0.246 e. The number of nitrogens with two attached hydrogens (primary N) is 1. The number of ketones is 1. The van der Waals surface area contributed by atoms with Crippen LogP contribution in [0.4, 0.5) is 0 Å². The zero-order valence-corrected chi connectivity index (χ0v) is 20.4. The van der Waals surface area contributed by atoms with Crippen LogP contribution in [-0.2, 0) is 23.8 Å². The van der Waals surface area contributed by atoms with Crippen LogP contribution in [0, 0.1) is 0 Å². The summed E-state index contributed by atoms with van der Waals surface area (Å²) in [5, 5.41) is 6.12. The zero-order valence-electron chi connectivity index (χ0n) is 20.4. The third-order valence-electron chi connectivity index (χ3n) is 4.58. The molecule has 0 saturated heterocycles. The van der Waals surface area contributed by atoms with Crippen LogP contribution < -0.4 is 16.4 Å². The largest absolute Gasteiger partial charge is 0.375 e. The molecule has 0 aliphatic rings. The number of carbonyl (C=O) groups is 2. The van der Waals surface area contributed by atoms with E-state index < -0.39 is 5.54 Å². The molecule has 0 aliphatic heterocycles. The minimum absolute atomic E-state index is 0.176. The maximum Gasteiger partial charge on any atom is 0.246 e. The van der Waals surface area contributed by atoms with Gasteiger partial charge in [0.05, 0.1) is 30.0 Å². The van der Waals surface area contributed by atoms with Crippen LogP contribution in [-0.4, -0.2) is 74.0 Å². The lowest BCUT2D eigenvalue weighted by Crippen LogP contribution is -2.44. The van der Waals surface area contributed by atoms with Crippen molar-refractivity contribution >= 4 is 11.7 Å². The molecule has 0 aromatic carbocycles. The zero-order chi connectivity index (χ0) is 23.4. The van der Waals surface area contributed by atoms with Crippen molar-refractivity contribution in [1.82, 2.24) is 10.6 Å². The summed E-state index contributed by atoms with van der Waals surface area (Å²) in [6.07, 6.45) is 1.69. The van der Waals surface area contributed by atoms with Gasteiger partial charge in [0.25, 0.3) is 0 Å². The van der Waals surface area contributed by atoms with Crippen LogP contribution in [0.5, 0.6) is 0 Å². The normalized spacial score (nSPS) is 13.0. The van der Waals surface area contributed by atoms with Crippen LogP contribution in [0.2, 0.25) is 0 Å². The second-order valence-corrected chi connectivity index (χ2v) is 9.81. The average Bonchev–Trinajstić information content (AvgIpc) is 2.56. The van der Waals surface area contributed by atoms with E-state index in [1.807, 2.05) is 13.8 Å². The highest BCUT2D eigenvalue weighted by molar-refractivity contribution is 5.88. The van der Waals surface area contributed by atoms with Gasteiger partial charge in [0, 0.05) is 12.6 Å². The van der Waals surface area contributed by atoms with Crippen molar-refractivity contribution in [2.75, 3.05) is 39.5 Å². The van der Waals surface area contributed by atoms with Gasteiger partial charge in [0.2, 0.25) is 5.91 Å². The molecule has 30 heavy (non-hydrogen) atoms. The van der Waals surface area contributed by atoms with E-state index in [1.54, 1.807) is 13.8 Å². The van der Waals surface area contributed by atoms with Crippen LogP contribution >= 0.6 is 0 Å². The number of amides is 1. The molecule has 0 spiro atoms. The molecule has 0 aromatic heterocycles. The molecule has 0 fully saturated rings. The molecule has 4 N–H and O–H groups in total. The third kappa shape index (κ3) is 15.7. The molecule has 0 rings (SSSR count). The lowest BCUT2D eigenvalue weighted by Gasteiger charge is -2.30. The van der Waals surface area contributed by atoms with Gasteiger partial charge in [0.15, 0.2) is 5.78 Å². The second kappa shape index (κ2) is 13.4. The molecule has 0 saturated carbocycles. The summed E-state index contributed by atoms with van der Waals surface area (Å²) >= 11 is 0. The van der Waals surface area contributed by atoms with Gasteiger partial charge in [-0.05, 0) is 60.9 Å². The van der Waals surface area contributed by atoms with Crippen molar-refractivity contribution in [3.63, 3.8) is 0 Å². The molecule has 0 unspecified atom stereocenters. The number of rotatable bonds is 17. The minimum Gasteiger partial charge on any atom is -0.375 e. The Labute approximate surface area is 183 Å². The number of nitrogens with one attached hydrogen (secondary N) is 2. The number of ether oxygens (including phenoxy) is 3. The van der Waals surface area contributed by atoms with E-state index in [0.717, 1.165) is 19.4 Å². The molecule has 0 radical (unpaired) electrons. The summed E-state index contributed by atoms with van der Waals surface area (Å²) in [7, 11) is 0. The summed E-state index contributed by atoms with van der Waals surface area (Å²) in [5.41, 5.74) is 4.17. The van der Waals surface area contributed by atoms with Crippen molar-refractivity contribution in [3.8, 4) is 0 Å². The van der Waals surface area contributed by atoms with Crippen LogP contribution in [0.1, 0.15) is 68.2 Å². The van der Waals surface area contributed by atoms with Gasteiger partial charge in [-0.2, -0.15) is 0 Å². The minimum atomic E-state index is -0.959. The van der Waals surface area contributed by atoms with Gasteiger partial charge in [0.1, 0.15) is 13.2 Å². The molecule has 8 nitrogen and oxygen atoms in total. The Bertz CT molecular complexity index is 513. The number of Topliss-reactive ketones (excluding diaryl/α,β-unsaturated/α-hetero) is 1. The van der Waals surface area contributed by atoms with Crippen molar-refractivity contribution in [1.29, 1.82) is 0 Å². The van der Waals surface area contributed by atoms with Gasteiger partial charge >= 0.3 is 0 Å². The SMILES string of the molecule is CC(C)NCCC(C)(C)OCCC(C)(C)OCCNC(=O)COCC(=O)C(C)(C)N.